The highest BCUT2D eigenvalue weighted by molar-refractivity contribution is 6.29. The molecule has 4 aliphatic carbocycles. The van der Waals surface area contributed by atoms with Crippen LogP contribution in [0.2, 0.25) is 0 Å². The molecule has 8 atom stereocenters. The van der Waals surface area contributed by atoms with Crippen LogP contribution >= 0.6 is 11.6 Å². The van der Waals surface area contributed by atoms with Gasteiger partial charge >= 0.3 is 5.97 Å². The van der Waals surface area contributed by atoms with Gasteiger partial charge in [-0.05, 0) is 68.7 Å². The number of ether oxygens (including phenoxy) is 2. The van der Waals surface area contributed by atoms with Gasteiger partial charge in [0.25, 0.3) is 0 Å². The van der Waals surface area contributed by atoms with E-state index in [1.165, 1.54) is 6.26 Å². The fraction of sp³-hybridized carbons (Fsp3) is 0.593. The molecule has 1 aliphatic heterocycles. The number of hydrogen-bond acceptors (Lipinski definition) is 6. The van der Waals surface area contributed by atoms with Crippen molar-refractivity contribution in [3.63, 3.8) is 0 Å². The molecular formula is C27H29ClO6. The highest BCUT2D eigenvalue weighted by Crippen LogP contribution is 2.77. The van der Waals surface area contributed by atoms with Gasteiger partial charge in [-0.3, -0.25) is 9.59 Å². The third kappa shape index (κ3) is 2.44. The van der Waals surface area contributed by atoms with Gasteiger partial charge in [0.05, 0.1) is 18.2 Å². The maximum absolute atomic E-state index is 13.6. The number of fused-ring (bicyclic) bond motifs is 3. The van der Waals surface area contributed by atoms with E-state index in [4.69, 9.17) is 25.5 Å². The van der Waals surface area contributed by atoms with E-state index in [-0.39, 0.29) is 58.1 Å². The number of alkyl halides is 1. The Labute approximate surface area is 203 Å². The number of halogens is 1. The topological polar surface area (TPSA) is 86.1 Å². The number of allylic oxidation sites excluding steroid dienone is 2. The van der Waals surface area contributed by atoms with Gasteiger partial charge in [-0.25, -0.2) is 4.79 Å². The molecule has 6 nitrogen and oxygen atoms in total. The first-order valence-electron chi connectivity index (χ1n) is 12.1. The van der Waals surface area contributed by atoms with Gasteiger partial charge in [0.15, 0.2) is 17.2 Å². The van der Waals surface area contributed by atoms with Crippen molar-refractivity contribution in [3.05, 3.63) is 48.0 Å². The molecule has 1 aromatic heterocycles. The number of hydrogen-bond donors (Lipinski definition) is 0. The number of ketones is 2. The average molecular weight is 485 g/mol. The van der Waals surface area contributed by atoms with E-state index in [0.717, 1.165) is 24.8 Å². The summed E-state index contributed by atoms with van der Waals surface area (Å²) in [5.41, 5.74) is -1.56. The zero-order chi connectivity index (χ0) is 24.1. The summed E-state index contributed by atoms with van der Waals surface area (Å²) >= 11 is 6.15. The molecule has 180 valence electrons. The summed E-state index contributed by atoms with van der Waals surface area (Å²) in [7, 11) is 0. The van der Waals surface area contributed by atoms with Gasteiger partial charge in [-0.2, -0.15) is 0 Å². The van der Waals surface area contributed by atoms with E-state index in [1.807, 2.05) is 13.0 Å². The van der Waals surface area contributed by atoms with Crippen LogP contribution < -0.4 is 0 Å². The number of epoxide rings is 1. The molecule has 1 saturated heterocycles. The van der Waals surface area contributed by atoms with Crippen molar-refractivity contribution in [2.24, 2.45) is 28.6 Å². The van der Waals surface area contributed by atoms with Crippen molar-refractivity contribution in [3.8, 4) is 0 Å². The summed E-state index contributed by atoms with van der Waals surface area (Å²) in [4.78, 5) is 38.8. The molecule has 1 unspecified atom stereocenters. The Kier molecular flexibility index (Phi) is 4.55. The molecular weight excluding hydrogens is 456 g/mol. The molecule has 0 aromatic carbocycles. The fourth-order valence-electron chi connectivity index (χ4n) is 8.53. The van der Waals surface area contributed by atoms with E-state index in [1.54, 1.807) is 24.3 Å². The number of Topliss-reactive ketones (excluding diaryl/α,β-unsaturated/α-hetero) is 1. The van der Waals surface area contributed by atoms with Crippen LogP contribution in [0.4, 0.5) is 0 Å². The van der Waals surface area contributed by atoms with E-state index in [2.05, 4.69) is 13.8 Å². The van der Waals surface area contributed by atoms with Crippen LogP contribution in [-0.2, 0) is 19.1 Å². The Hall–Kier alpha value is -2.18. The zero-order valence-corrected chi connectivity index (χ0v) is 20.4. The lowest BCUT2D eigenvalue weighted by atomic mass is 9.46. The highest BCUT2D eigenvalue weighted by Gasteiger charge is 2.82. The van der Waals surface area contributed by atoms with Crippen LogP contribution in [0.1, 0.15) is 57.0 Å². The van der Waals surface area contributed by atoms with Crippen molar-refractivity contribution in [2.45, 2.75) is 63.8 Å². The quantitative estimate of drug-likeness (QED) is 0.351. The maximum atomic E-state index is 13.6. The lowest BCUT2D eigenvalue weighted by molar-refractivity contribution is -0.162. The highest BCUT2D eigenvalue weighted by atomic mass is 35.5. The Balaban J connectivity index is 1.43. The largest absolute Gasteiger partial charge is 0.457 e. The molecule has 34 heavy (non-hydrogen) atoms. The molecule has 0 amide bonds. The number of carbonyl (C=O) groups excluding carboxylic acids is 3. The van der Waals surface area contributed by atoms with E-state index in [9.17, 15) is 14.4 Å². The SMILES string of the molecule is C[C@H]1C[C@@H]2[C@@H]3CCC4=CC(=O)C=C[C@]4(C)[C@@]34O[C@H]4C[C@]2(C)C1(OC(=O)c1ccco1)C(=O)CCl. The smallest absolute Gasteiger partial charge is 0.375 e. The molecule has 0 N–H and O–H groups in total. The number of furan rings is 1. The minimum atomic E-state index is -1.35. The van der Waals surface area contributed by atoms with Gasteiger partial charge in [-0.15, -0.1) is 11.6 Å². The fourth-order valence-corrected chi connectivity index (χ4v) is 8.73. The maximum Gasteiger partial charge on any atom is 0.375 e. The van der Waals surface area contributed by atoms with E-state index in [0.29, 0.717) is 6.42 Å². The van der Waals surface area contributed by atoms with Gasteiger partial charge < -0.3 is 13.9 Å². The van der Waals surface area contributed by atoms with Crippen molar-refractivity contribution in [2.75, 3.05) is 5.88 Å². The predicted octanol–water partition coefficient (Wildman–Crippen LogP) is 4.67. The molecule has 5 aliphatic rings. The molecule has 2 heterocycles. The Morgan fingerprint density at radius 2 is 2.06 bits per heavy atom. The normalized spacial score (nSPS) is 46.0. The first-order valence-corrected chi connectivity index (χ1v) is 12.7. The Morgan fingerprint density at radius 1 is 1.26 bits per heavy atom. The summed E-state index contributed by atoms with van der Waals surface area (Å²) in [6.45, 7) is 6.27. The molecule has 7 heteroatoms. The second kappa shape index (κ2) is 6.94. The first-order chi connectivity index (χ1) is 16.1. The molecule has 6 rings (SSSR count). The number of rotatable bonds is 4. The standard InChI is InChI=1S/C27H29ClO6/c1-15-11-19-18-7-6-16-12-17(29)8-9-24(16,2)27(18)22(33-27)13-25(19,3)26(15,21(30)14-28)34-23(31)20-5-4-10-32-20/h4-5,8-10,12,15,18-19,22H,6-7,11,13-14H2,1-3H3/t15-,18-,19+,22-,24-,25-,26?,27+/m0/s1. The summed E-state index contributed by atoms with van der Waals surface area (Å²) in [6, 6.07) is 3.17. The van der Waals surface area contributed by atoms with Crippen molar-refractivity contribution in [1.29, 1.82) is 0 Å². The second-order valence-corrected chi connectivity index (χ2v) is 11.4. The molecule has 0 bridgehead atoms. The lowest BCUT2D eigenvalue weighted by Gasteiger charge is -2.56. The second-order valence-electron chi connectivity index (χ2n) is 11.2. The molecule has 1 aromatic rings. The monoisotopic (exact) mass is 484 g/mol. The minimum absolute atomic E-state index is 0.0335. The van der Waals surface area contributed by atoms with Crippen LogP contribution in [0.25, 0.3) is 0 Å². The third-order valence-electron chi connectivity index (χ3n) is 9.99. The molecule has 4 fully saturated rings. The van der Waals surface area contributed by atoms with Crippen LogP contribution in [0.15, 0.2) is 46.6 Å². The van der Waals surface area contributed by atoms with Gasteiger partial charge in [0.2, 0.25) is 5.76 Å². The number of carbonyl (C=O) groups is 3. The Morgan fingerprint density at radius 3 is 2.76 bits per heavy atom. The molecule has 1 spiro atoms. The van der Waals surface area contributed by atoms with Gasteiger partial charge in [0, 0.05) is 16.7 Å². The average Bonchev–Trinajstić information content (AvgIpc) is 3.17. The zero-order valence-electron chi connectivity index (χ0n) is 19.6. The van der Waals surface area contributed by atoms with Crippen LogP contribution in [-0.4, -0.2) is 40.7 Å². The summed E-state index contributed by atoms with van der Waals surface area (Å²) in [5.74, 6) is -0.916. The molecule has 3 saturated carbocycles. The predicted molar refractivity (Wildman–Crippen MR) is 123 cm³/mol. The van der Waals surface area contributed by atoms with Crippen LogP contribution in [0.5, 0.6) is 0 Å². The summed E-state index contributed by atoms with van der Waals surface area (Å²) < 4.78 is 18.0. The van der Waals surface area contributed by atoms with E-state index >= 15 is 0 Å². The number of esters is 1. The van der Waals surface area contributed by atoms with Gasteiger partial charge in [0.1, 0.15) is 5.60 Å². The first kappa shape index (κ1) is 22.3. The van der Waals surface area contributed by atoms with Crippen LogP contribution in [0.3, 0.4) is 0 Å². The lowest BCUT2D eigenvalue weighted by Crippen LogP contribution is -2.63. The minimum Gasteiger partial charge on any atom is -0.457 e. The van der Waals surface area contributed by atoms with Crippen molar-refractivity contribution < 1.29 is 28.3 Å². The summed E-state index contributed by atoms with van der Waals surface area (Å²) in [6.07, 6.45) is 9.84. The van der Waals surface area contributed by atoms with Crippen LogP contribution in [0, 0.1) is 28.6 Å². The van der Waals surface area contributed by atoms with Gasteiger partial charge in [-0.1, -0.05) is 25.5 Å². The molecule has 0 radical (unpaired) electrons. The Bertz CT molecular complexity index is 1150. The van der Waals surface area contributed by atoms with Crippen molar-refractivity contribution >= 4 is 29.1 Å². The summed E-state index contributed by atoms with van der Waals surface area (Å²) in [5, 5.41) is 0. The van der Waals surface area contributed by atoms with E-state index < -0.39 is 17.0 Å². The van der Waals surface area contributed by atoms with Crippen molar-refractivity contribution in [1.82, 2.24) is 0 Å². The third-order valence-corrected chi connectivity index (χ3v) is 10.2.